The van der Waals surface area contributed by atoms with Gasteiger partial charge in [-0.15, -0.1) is 0 Å². The van der Waals surface area contributed by atoms with Crippen LogP contribution in [0.5, 0.6) is 11.5 Å². The van der Waals surface area contributed by atoms with Gasteiger partial charge in [-0.2, -0.15) is 0 Å². The van der Waals surface area contributed by atoms with E-state index in [2.05, 4.69) is 24.8 Å². The smallest absolute Gasteiger partial charge is 0.254 e. The zero-order chi connectivity index (χ0) is 19.5. The predicted octanol–water partition coefficient (Wildman–Crippen LogP) is 1.80. The maximum Gasteiger partial charge on any atom is 0.254 e. The molecule has 0 aliphatic carbocycles. The third-order valence-corrected chi connectivity index (χ3v) is 4.80. The van der Waals surface area contributed by atoms with E-state index in [4.69, 9.17) is 9.47 Å². The molecule has 4 rings (SSSR count). The maximum atomic E-state index is 12.5. The number of benzene rings is 1. The normalized spacial score (nSPS) is 13.8. The summed E-state index contributed by atoms with van der Waals surface area (Å²) in [6, 6.07) is 5.84. The number of H-pyrrole nitrogens is 1. The van der Waals surface area contributed by atoms with Gasteiger partial charge in [-0.3, -0.25) is 9.69 Å². The predicted molar refractivity (Wildman–Crippen MR) is 103 cm³/mol. The summed E-state index contributed by atoms with van der Waals surface area (Å²) < 4.78 is 10.7. The second kappa shape index (κ2) is 7.77. The molecule has 0 amide bonds. The molecule has 0 radical (unpaired) electrons. The van der Waals surface area contributed by atoms with E-state index in [0.717, 1.165) is 34.9 Å². The summed E-state index contributed by atoms with van der Waals surface area (Å²) in [6.45, 7) is 2.09. The fraction of sp³-hybridized carbons (Fsp3) is 0.300. The number of aromatic amines is 1. The minimum atomic E-state index is -0.0912. The molecule has 0 fully saturated rings. The molecule has 0 atom stereocenters. The monoisotopic (exact) mass is 379 g/mol. The van der Waals surface area contributed by atoms with Gasteiger partial charge in [-0.25, -0.2) is 15.0 Å². The van der Waals surface area contributed by atoms with Crippen molar-refractivity contribution in [2.75, 3.05) is 20.8 Å². The summed E-state index contributed by atoms with van der Waals surface area (Å²) >= 11 is 0. The molecule has 3 heterocycles. The van der Waals surface area contributed by atoms with E-state index in [1.807, 2.05) is 18.2 Å². The van der Waals surface area contributed by atoms with Gasteiger partial charge in [0.25, 0.3) is 5.56 Å². The molecule has 1 aromatic carbocycles. The highest BCUT2D eigenvalue weighted by Crippen LogP contribution is 2.25. The van der Waals surface area contributed by atoms with Gasteiger partial charge in [0.15, 0.2) is 0 Å². The van der Waals surface area contributed by atoms with Gasteiger partial charge in [0.1, 0.15) is 23.7 Å². The van der Waals surface area contributed by atoms with E-state index in [1.165, 1.54) is 6.33 Å². The molecule has 3 aromatic rings. The Bertz CT molecular complexity index is 1010. The van der Waals surface area contributed by atoms with Gasteiger partial charge in [0, 0.05) is 43.7 Å². The SMILES string of the molecule is COc1cc(CN2CCc3c(nc(-c4cncnc4)[nH]c3=O)C2)cc(OC)c1. The van der Waals surface area contributed by atoms with E-state index in [0.29, 0.717) is 30.9 Å². The van der Waals surface area contributed by atoms with Crippen molar-refractivity contribution in [1.82, 2.24) is 24.8 Å². The summed E-state index contributed by atoms with van der Waals surface area (Å²) in [6.07, 6.45) is 5.38. The Balaban J connectivity index is 1.59. The summed E-state index contributed by atoms with van der Waals surface area (Å²) in [7, 11) is 3.28. The first-order valence-electron chi connectivity index (χ1n) is 8.98. The molecule has 1 aliphatic rings. The number of nitrogens with zero attached hydrogens (tertiary/aromatic N) is 4. The number of ether oxygens (including phenoxy) is 2. The number of fused-ring (bicyclic) bond motifs is 1. The lowest BCUT2D eigenvalue weighted by atomic mass is 10.0. The van der Waals surface area contributed by atoms with Gasteiger partial charge < -0.3 is 14.5 Å². The second-order valence-electron chi connectivity index (χ2n) is 6.65. The minimum absolute atomic E-state index is 0.0912. The van der Waals surface area contributed by atoms with Crippen molar-refractivity contribution in [1.29, 1.82) is 0 Å². The van der Waals surface area contributed by atoms with Crippen molar-refractivity contribution < 1.29 is 9.47 Å². The zero-order valence-electron chi connectivity index (χ0n) is 15.8. The number of aromatic nitrogens is 4. The highest BCUT2D eigenvalue weighted by Gasteiger charge is 2.22. The molecular formula is C20H21N5O3. The van der Waals surface area contributed by atoms with Crippen LogP contribution in [0.4, 0.5) is 0 Å². The Hall–Kier alpha value is -3.26. The minimum Gasteiger partial charge on any atom is -0.497 e. The Morgan fingerprint density at radius 1 is 1.11 bits per heavy atom. The third-order valence-electron chi connectivity index (χ3n) is 4.80. The summed E-state index contributed by atoms with van der Waals surface area (Å²) in [5.74, 6) is 2.01. The Kier molecular flexibility index (Phi) is 5.03. The third kappa shape index (κ3) is 3.72. The van der Waals surface area contributed by atoms with Crippen LogP contribution in [0.2, 0.25) is 0 Å². The molecule has 0 unspecified atom stereocenters. The highest BCUT2D eigenvalue weighted by atomic mass is 16.5. The van der Waals surface area contributed by atoms with Crippen molar-refractivity contribution in [3.63, 3.8) is 0 Å². The Morgan fingerprint density at radius 2 is 1.82 bits per heavy atom. The average molecular weight is 379 g/mol. The number of hydrogen-bond donors (Lipinski definition) is 1. The molecule has 1 N–H and O–H groups in total. The number of nitrogens with one attached hydrogen (secondary N) is 1. The fourth-order valence-electron chi connectivity index (χ4n) is 3.40. The van der Waals surface area contributed by atoms with Crippen LogP contribution in [0, 0.1) is 0 Å². The van der Waals surface area contributed by atoms with E-state index >= 15 is 0 Å². The fourth-order valence-corrected chi connectivity index (χ4v) is 3.40. The first kappa shape index (κ1) is 18.1. The van der Waals surface area contributed by atoms with Crippen molar-refractivity contribution >= 4 is 0 Å². The van der Waals surface area contributed by atoms with Crippen LogP contribution in [0.3, 0.4) is 0 Å². The Morgan fingerprint density at radius 3 is 2.50 bits per heavy atom. The quantitative estimate of drug-likeness (QED) is 0.722. The lowest BCUT2D eigenvalue weighted by molar-refractivity contribution is 0.240. The van der Waals surface area contributed by atoms with Crippen LogP contribution in [0.1, 0.15) is 16.8 Å². The molecule has 2 aromatic heterocycles. The van der Waals surface area contributed by atoms with Crippen LogP contribution in [0.25, 0.3) is 11.4 Å². The second-order valence-corrected chi connectivity index (χ2v) is 6.65. The van der Waals surface area contributed by atoms with Crippen LogP contribution in [0.15, 0.2) is 41.7 Å². The summed E-state index contributed by atoms with van der Waals surface area (Å²) in [4.78, 5) is 30.3. The van der Waals surface area contributed by atoms with Gasteiger partial charge in [0.05, 0.1) is 25.5 Å². The lowest BCUT2D eigenvalue weighted by Gasteiger charge is -2.28. The maximum absolute atomic E-state index is 12.5. The number of rotatable bonds is 5. The van der Waals surface area contributed by atoms with Crippen molar-refractivity contribution in [3.8, 4) is 22.9 Å². The van der Waals surface area contributed by atoms with Crippen molar-refractivity contribution in [3.05, 3.63) is 64.1 Å². The average Bonchev–Trinajstić information content (AvgIpc) is 2.73. The molecule has 28 heavy (non-hydrogen) atoms. The van der Waals surface area contributed by atoms with Gasteiger partial charge in [0.2, 0.25) is 0 Å². The zero-order valence-corrected chi connectivity index (χ0v) is 15.8. The lowest BCUT2D eigenvalue weighted by Crippen LogP contribution is -2.35. The van der Waals surface area contributed by atoms with Gasteiger partial charge >= 0.3 is 0 Å². The number of methoxy groups -OCH3 is 2. The van der Waals surface area contributed by atoms with E-state index in [-0.39, 0.29) is 5.56 Å². The summed E-state index contributed by atoms with van der Waals surface area (Å²) in [5.41, 5.74) is 3.23. The Labute approximate surface area is 162 Å². The largest absolute Gasteiger partial charge is 0.497 e. The van der Waals surface area contributed by atoms with Gasteiger partial charge in [-0.1, -0.05) is 0 Å². The van der Waals surface area contributed by atoms with E-state index in [9.17, 15) is 4.79 Å². The molecule has 1 aliphatic heterocycles. The van der Waals surface area contributed by atoms with E-state index < -0.39 is 0 Å². The molecule has 0 spiro atoms. The van der Waals surface area contributed by atoms with Crippen molar-refractivity contribution in [2.24, 2.45) is 0 Å². The van der Waals surface area contributed by atoms with Gasteiger partial charge in [-0.05, 0) is 24.1 Å². The standard InChI is InChI=1S/C20H21N5O3/c1-27-15-5-13(6-16(7-15)28-2)10-25-4-3-17-18(11-25)23-19(24-20(17)26)14-8-21-12-22-9-14/h5-9,12H,3-4,10-11H2,1-2H3,(H,23,24,26). The summed E-state index contributed by atoms with van der Waals surface area (Å²) in [5, 5.41) is 0. The molecule has 8 nitrogen and oxygen atoms in total. The molecule has 0 bridgehead atoms. The topological polar surface area (TPSA) is 93.2 Å². The molecule has 0 saturated heterocycles. The van der Waals surface area contributed by atoms with Crippen LogP contribution in [-0.2, 0) is 19.5 Å². The number of hydrogen-bond acceptors (Lipinski definition) is 7. The van der Waals surface area contributed by atoms with Crippen LogP contribution >= 0.6 is 0 Å². The first-order chi connectivity index (χ1) is 13.7. The first-order valence-corrected chi connectivity index (χ1v) is 8.98. The highest BCUT2D eigenvalue weighted by molar-refractivity contribution is 5.52. The molecular weight excluding hydrogens is 358 g/mol. The van der Waals surface area contributed by atoms with Crippen molar-refractivity contribution in [2.45, 2.75) is 19.5 Å². The van der Waals surface area contributed by atoms with E-state index in [1.54, 1.807) is 26.6 Å². The van der Waals surface area contributed by atoms with Crippen LogP contribution < -0.4 is 15.0 Å². The molecule has 144 valence electrons. The molecule has 8 heteroatoms. The van der Waals surface area contributed by atoms with Crippen LogP contribution in [-0.4, -0.2) is 45.6 Å². The molecule has 0 saturated carbocycles.